The number of carbonyl (C=O) groups excluding carboxylic acids is 1. The van der Waals surface area contributed by atoms with E-state index in [9.17, 15) is 4.79 Å². The lowest BCUT2D eigenvalue weighted by atomic mass is 10.1. The van der Waals surface area contributed by atoms with Crippen molar-refractivity contribution < 1.29 is 4.79 Å². The molecule has 0 saturated heterocycles. The molecule has 0 aliphatic rings. The van der Waals surface area contributed by atoms with Crippen LogP contribution in [0.4, 0.5) is 5.82 Å². The second-order valence-electron chi connectivity index (χ2n) is 6.34. The van der Waals surface area contributed by atoms with Crippen LogP contribution in [-0.4, -0.2) is 20.4 Å². The van der Waals surface area contributed by atoms with Gasteiger partial charge in [-0.05, 0) is 48.7 Å². The Hall–Kier alpha value is -3.18. The molecule has 5 nitrogen and oxygen atoms in total. The van der Waals surface area contributed by atoms with E-state index in [2.05, 4.69) is 21.4 Å². The highest BCUT2D eigenvalue weighted by molar-refractivity contribution is 6.30. The summed E-state index contributed by atoms with van der Waals surface area (Å²) in [6.07, 6.45) is 3.62. The minimum absolute atomic E-state index is 0.225. The molecular formula is C21H17ClN4O. The number of fused-ring (bicyclic) bond motifs is 1. The molecule has 0 unspecified atom stereocenters. The van der Waals surface area contributed by atoms with Crippen LogP contribution in [-0.2, 0) is 7.05 Å². The van der Waals surface area contributed by atoms with E-state index in [1.807, 2.05) is 42.9 Å². The highest BCUT2D eigenvalue weighted by atomic mass is 35.5. The van der Waals surface area contributed by atoms with Crippen LogP contribution < -0.4 is 5.32 Å². The van der Waals surface area contributed by atoms with Crippen LogP contribution in [0.2, 0.25) is 5.02 Å². The number of aromatic nitrogens is 3. The number of halogens is 1. The van der Waals surface area contributed by atoms with Crippen LogP contribution in [0.5, 0.6) is 0 Å². The van der Waals surface area contributed by atoms with Crippen molar-refractivity contribution in [2.45, 2.75) is 6.92 Å². The first-order chi connectivity index (χ1) is 13.0. The van der Waals surface area contributed by atoms with Crippen LogP contribution in [0.15, 0.2) is 60.9 Å². The summed E-state index contributed by atoms with van der Waals surface area (Å²) < 4.78 is 2.05. The Morgan fingerprint density at radius 1 is 1.00 bits per heavy atom. The van der Waals surface area contributed by atoms with Crippen LogP contribution >= 0.6 is 11.6 Å². The zero-order valence-electron chi connectivity index (χ0n) is 14.9. The van der Waals surface area contributed by atoms with Gasteiger partial charge < -0.3 is 9.88 Å². The summed E-state index contributed by atoms with van der Waals surface area (Å²) in [5.41, 5.74) is 2.63. The first-order valence-corrected chi connectivity index (χ1v) is 8.84. The van der Waals surface area contributed by atoms with Gasteiger partial charge in [0.25, 0.3) is 5.91 Å². The van der Waals surface area contributed by atoms with Gasteiger partial charge in [-0.1, -0.05) is 23.7 Å². The third-order valence-corrected chi connectivity index (χ3v) is 4.84. The molecule has 2 aromatic heterocycles. The second kappa shape index (κ2) is 6.85. The summed E-state index contributed by atoms with van der Waals surface area (Å²) in [4.78, 5) is 21.1. The zero-order chi connectivity index (χ0) is 19.0. The number of anilines is 1. The predicted molar refractivity (Wildman–Crippen MR) is 108 cm³/mol. The smallest absolute Gasteiger partial charge is 0.256 e. The molecular weight excluding hydrogens is 360 g/mol. The Morgan fingerprint density at radius 2 is 1.78 bits per heavy atom. The monoisotopic (exact) mass is 376 g/mol. The number of carbonyl (C=O) groups is 1. The highest BCUT2D eigenvalue weighted by Crippen LogP contribution is 2.26. The molecule has 4 rings (SSSR count). The van der Waals surface area contributed by atoms with Crippen molar-refractivity contribution in [3.05, 3.63) is 77.3 Å². The maximum Gasteiger partial charge on any atom is 0.256 e. The van der Waals surface area contributed by atoms with E-state index < -0.39 is 0 Å². The number of amides is 1. The average molecular weight is 377 g/mol. The Bertz CT molecular complexity index is 1150. The van der Waals surface area contributed by atoms with Gasteiger partial charge in [0, 0.05) is 34.8 Å². The Morgan fingerprint density at radius 3 is 2.48 bits per heavy atom. The molecule has 0 saturated carbocycles. The maximum absolute atomic E-state index is 12.4. The maximum atomic E-state index is 12.4. The fourth-order valence-corrected chi connectivity index (χ4v) is 3.05. The van der Waals surface area contributed by atoms with Crippen molar-refractivity contribution in [3.8, 4) is 11.3 Å². The lowest BCUT2D eigenvalue weighted by molar-refractivity contribution is 0.102. The van der Waals surface area contributed by atoms with Gasteiger partial charge in [0.05, 0.1) is 11.9 Å². The Kier molecular flexibility index (Phi) is 4.38. The van der Waals surface area contributed by atoms with Crippen LogP contribution in [0.3, 0.4) is 0 Å². The number of nitrogens with zero attached hydrogens (tertiary/aromatic N) is 3. The van der Waals surface area contributed by atoms with Crippen molar-refractivity contribution in [1.29, 1.82) is 0 Å². The van der Waals surface area contributed by atoms with Crippen LogP contribution in [0.25, 0.3) is 22.0 Å². The van der Waals surface area contributed by atoms with E-state index in [1.165, 1.54) is 0 Å². The molecule has 0 atom stereocenters. The van der Waals surface area contributed by atoms with E-state index in [0.29, 0.717) is 16.4 Å². The summed E-state index contributed by atoms with van der Waals surface area (Å²) in [6, 6.07) is 14.8. The zero-order valence-corrected chi connectivity index (χ0v) is 15.7. The lowest BCUT2D eigenvalue weighted by Gasteiger charge is -2.08. The molecule has 0 bridgehead atoms. The lowest BCUT2D eigenvalue weighted by Crippen LogP contribution is -2.12. The highest BCUT2D eigenvalue weighted by Gasteiger charge is 2.09. The molecule has 27 heavy (non-hydrogen) atoms. The molecule has 0 spiro atoms. The number of hydrogen-bond donors (Lipinski definition) is 1. The van der Waals surface area contributed by atoms with E-state index in [1.54, 1.807) is 30.5 Å². The van der Waals surface area contributed by atoms with E-state index in [-0.39, 0.29) is 5.91 Å². The molecule has 2 aromatic carbocycles. The molecule has 6 heteroatoms. The third kappa shape index (κ3) is 3.41. The number of benzene rings is 2. The minimum Gasteiger partial charge on any atom is -0.331 e. The number of imidazole rings is 1. The second-order valence-corrected chi connectivity index (χ2v) is 6.78. The van der Waals surface area contributed by atoms with Gasteiger partial charge in [0.2, 0.25) is 0 Å². The molecule has 2 heterocycles. The average Bonchev–Trinajstić information content (AvgIpc) is 3.00. The van der Waals surface area contributed by atoms with E-state index >= 15 is 0 Å². The fraction of sp³-hybridized carbons (Fsp3) is 0.0952. The summed E-state index contributed by atoms with van der Waals surface area (Å²) >= 11 is 5.87. The third-order valence-electron chi connectivity index (χ3n) is 4.59. The SMILES string of the molecule is Cc1ncc(-c2ccc3cnc(NC(=O)c4ccc(Cl)cc4)cc3c2)n1C. The largest absolute Gasteiger partial charge is 0.331 e. The molecule has 1 amide bonds. The molecule has 0 aliphatic carbocycles. The molecule has 1 N–H and O–H groups in total. The Labute approximate surface area is 161 Å². The van der Waals surface area contributed by atoms with Crippen molar-refractivity contribution in [2.75, 3.05) is 5.32 Å². The molecule has 134 valence electrons. The van der Waals surface area contributed by atoms with Gasteiger partial charge in [-0.25, -0.2) is 9.97 Å². The molecule has 0 aliphatic heterocycles. The standard InChI is InChI=1S/C21H17ClN4O/c1-13-23-12-19(26(13)2)15-3-4-16-11-24-20(10-17(16)9-15)25-21(27)14-5-7-18(22)8-6-14/h3-12H,1-2H3,(H,24,25,27). The summed E-state index contributed by atoms with van der Waals surface area (Å²) in [6.45, 7) is 1.97. The summed E-state index contributed by atoms with van der Waals surface area (Å²) in [7, 11) is 1.99. The van der Waals surface area contributed by atoms with Gasteiger partial charge in [-0.3, -0.25) is 4.79 Å². The van der Waals surface area contributed by atoms with Gasteiger partial charge >= 0.3 is 0 Å². The van der Waals surface area contributed by atoms with Gasteiger partial charge in [-0.15, -0.1) is 0 Å². The topological polar surface area (TPSA) is 59.8 Å². The number of rotatable bonds is 3. The van der Waals surface area contributed by atoms with Crippen LogP contribution in [0, 0.1) is 6.92 Å². The van der Waals surface area contributed by atoms with Crippen molar-refractivity contribution in [1.82, 2.24) is 14.5 Å². The van der Waals surface area contributed by atoms with Crippen molar-refractivity contribution >= 4 is 34.1 Å². The van der Waals surface area contributed by atoms with Gasteiger partial charge in [0.15, 0.2) is 0 Å². The number of aryl methyl sites for hydroxylation is 1. The Balaban J connectivity index is 1.65. The van der Waals surface area contributed by atoms with Gasteiger partial charge in [-0.2, -0.15) is 0 Å². The first kappa shape index (κ1) is 17.2. The first-order valence-electron chi connectivity index (χ1n) is 8.47. The van der Waals surface area contributed by atoms with E-state index in [0.717, 1.165) is 27.9 Å². The molecule has 0 radical (unpaired) electrons. The fourth-order valence-electron chi connectivity index (χ4n) is 2.93. The van der Waals surface area contributed by atoms with Gasteiger partial charge in [0.1, 0.15) is 11.6 Å². The minimum atomic E-state index is -0.225. The van der Waals surface area contributed by atoms with Crippen LogP contribution in [0.1, 0.15) is 16.2 Å². The predicted octanol–water partition coefficient (Wildman–Crippen LogP) is 4.85. The molecule has 0 fully saturated rings. The number of nitrogens with one attached hydrogen (secondary N) is 1. The number of hydrogen-bond acceptors (Lipinski definition) is 3. The summed E-state index contributed by atoms with van der Waals surface area (Å²) in [5, 5.41) is 5.42. The normalized spacial score (nSPS) is 10.9. The number of pyridine rings is 1. The van der Waals surface area contributed by atoms with Crippen molar-refractivity contribution in [2.24, 2.45) is 7.05 Å². The molecule has 4 aromatic rings. The van der Waals surface area contributed by atoms with Crippen molar-refractivity contribution in [3.63, 3.8) is 0 Å². The summed E-state index contributed by atoms with van der Waals surface area (Å²) in [5.74, 6) is 1.23. The quantitative estimate of drug-likeness (QED) is 0.556. The van der Waals surface area contributed by atoms with E-state index in [4.69, 9.17) is 11.6 Å².